The first kappa shape index (κ1) is 13.8. The van der Waals surface area contributed by atoms with Gasteiger partial charge in [0.2, 0.25) is 5.91 Å². The van der Waals surface area contributed by atoms with E-state index >= 15 is 0 Å². The highest BCUT2D eigenvalue weighted by molar-refractivity contribution is 5.79. The molecule has 0 aromatic carbocycles. The van der Waals surface area contributed by atoms with E-state index in [-0.39, 0.29) is 11.9 Å². The second kappa shape index (κ2) is 5.68. The summed E-state index contributed by atoms with van der Waals surface area (Å²) in [4.78, 5) is 20.9. The van der Waals surface area contributed by atoms with Gasteiger partial charge >= 0.3 is 0 Å². The van der Waals surface area contributed by atoms with E-state index in [0.717, 1.165) is 24.2 Å². The van der Waals surface area contributed by atoms with Crippen molar-refractivity contribution in [2.45, 2.75) is 45.7 Å². The Balaban J connectivity index is 1.62. The number of fused-ring (bicyclic) bond motifs is 1. The molecule has 2 aromatic heterocycles. The molecule has 5 heteroatoms. The number of amides is 1. The molecule has 2 heterocycles. The van der Waals surface area contributed by atoms with Gasteiger partial charge in [0.25, 0.3) is 0 Å². The van der Waals surface area contributed by atoms with E-state index in [1.165, 1.54) is 17.7 Å². The lowest BCUT2D eigenvalue weighted by Gasteiger charge is -2.15. The summed E-state index contributed by atoms with van der Waals surface area (Å²) in [5, 5.41) is 2.98. The fourth-order valence-corrected chi connectivity index (χ4v) is 2.83. The average Bonchev–Trinajstić information content (AvgIpc) is 3.11. The summed E-state index contributed by atoms with van der Waals surface area (Å²) in [7, 11) is 0. The molecule has 0 radical (unpaired) electrons. The standard InChI is InChI=1S/C16H20N4O/c1-11(20-7-6-17-12(20)2)16(21)19-10-13-8-14-4-3-5-15(14)18-9-13/h6-9,11H,3-5,10H2,1-2H3,(H,19,21)/t11-/m0/s1. The molecule has 110 valence electrons. The quantitative estimate of drug-likeness (QED) is 0.933. The number of rotatable bonds is 4. The number of pyridine rings is 1. The number of nitrogens with one attached hydrogen (secondary N) is 1. The van der Waals surface area contributed by atoms with Crippen LogP contribution in [0.1, 0.15) is 42.0 Å². The molecule has 0 unspecified atom stereocenters. The van der Waals surface area contributed by atoms with Gasteiger partial charge in [0.05, 0.1) is 0 Å². The van der Waals surface area contributed by atoms with Crippen LogP contribution in [0, 0.1) is 6.92 Å². The molecule has 1 amide bonds. The van der Waals surface area contributed by atoms with E-state index in [1.54, 1.807) is 6.20 Å². The zero-order valence-corrected chi connectivity index (χ0v) is 12.5. The summed E-state index contributed by atoms with van der Waals surface area (Å²) in [6.45, 7) is 4.30. The molecule has 0 bridgehead atoms. The van der Waals surface area contributed by atoms with Crippen LogP contribution in [0.2, 0.25) is 0 Å². The summed E-state index contributed by atoms with van der Waals surface area (Å²) in [6.07, 6.45) is 8.79. The maximum atomic E-state index is 12.2. The molecule has 0 fully saturated rings. The number of aryl methyl sites for hydroxylation is 3. The van der Waals surface area contributed by atoms with Gasteiger partial charge < -0.3 is 9.88 Å². The lowest BCUT2D eigenvalue weighted by atomic mass is 10.1. The van der Waals surface area contributed by atoms with E-state index in [1.807, 2.05) is 30.8 Å². The normalized spacial score (nSPS) is 14.8. The van der Waals surface area contributed by atoms with Crippen molar-refractivity contribution in [3.8, 4) is 0 Å². The second-order valence-electron chi connectivity index (χ2n) is 5.58. The lowest BCUT2D eigenvalue weighted by molar-refractivity contribution is -0.124. The van der Waals surface area contributed by atoms with Crippen LogP contribution < -0.4 is 5.32 Å². The van der Waals surface area contributed by atoms with Crippen molar-refractivity contribution >= 4 is 5.91 Å². The zero-order valence-electron chi connectivity index (χ0n) is 12.5. The number of aromatic nitrogens is 3. The van der Waals surface area contributed by atoms with Crippen LogP contribution in [0.4, 0.5) is 0 Å². The van der Waals surface area contributed by atoms with E-state index in [0.29, 0.717) is 6.54 Å². The van der Waals surface area contributed by atoms with E-state index in [2.05, 4.69) is 21.4 Å². The molecule has 1 aliphatic rings. The number of hydrogen-bond donors (Lipinski definition) is 1. The Bertz CT molecular complexity index is 662. The number of imidazole rings is 1. The molecule has 2 aromatic rings. The smallest absolute Gasteiger partial charge is 0.243 e. The van der Waals surface area contributed by atoms with Crippen LogP contribution in [0.5, 0.6) is 0 Å². The van der Waals surface area contributed by atoms with Crippen molar-refractivity contribution in [3.63, 3.8) is 0 Å². The van der Waals surface area contributed by atoms with Crippen molar-refractivity contribution < 1.29 is 4.79 Å². The zero-order chi connectivity index (χ0) is 14.8. The van der Waals surface area contributed by atoms with Gasteiger partial charge in [0.15, 0.2) is 0 Å². The van der Waals surface area contributed by atoms with Gasteiger partial charge in [-0.15, -0.1) is 0 Å². The Hall–Kier alpha value is -2.17. The third kappa shape index (κ3) is 2.82. The average molecular weight is 284 g/mol. The molecule has 0 spiro atoms. The van der Waals surface area contributed by atoms with Crippen LogP contribution >= 0.6 is 0 Å². The Labute approximate surface area is 124 Å². The van der Waals surface area contributed by atoms with Crippen molar-refractivity contribution in [3.05, 3.63) is 47.3 Å². The highest BCUT2D eigenvalue weighted by Gasteiger charge is 2.16. The summed E-state index contributed by atoms with van der Waals surface area (Å²) in [5.41, 5.74) is 3.62. The molecule has 1 atom stereocenters. The van der Waals surface area contributed by atoms with Crippen LogP contribution in [0.3, 0.4) is 0 Å². The maximum Gasteiger partial charge on any atom is 0.243 e. The second-order valence-corrected chi connectivity index (χ2v) is 5.58. The van der Waals surface area contributed by atoms with Crippen LogP contribution in [0.15, 0.2) is 24.7 Å². The fraction of sp³-hybridized carbons (Fsp3) is 0.438. The minimum Gasteiger partial charge on any atom is -0.350 e. The third-order valence-electron chi connectivity index (χ3n) is 4.10. The number of carbonyl (C=O) groups is 1. The summed E-state index contributed by atoms with van der Waals surface area (Å²) >= 11 is 0. The highest BCUT2D eigenvalue weighted by atomic mass is 16.2. The van der Waals surface area contributed by atoms with Gasteiger partial charge in [0.1, 0.15) is 11.9 Å². The van der Waals surface area contributed by atoms with Crippen LogP contribution in [-0.2, 0) is 24.2 Å². The van der Waals surface area contributed by atoms with Crippen LogP contribution in [-0.4, -0.2) is 20.4 Å². The molecule has 1 N–H and O–H groups in total. The molecule has 0 aliphatic heterocycles. The summed E-state index contributed by atoms with van der Waals surface area (Å²) in [5.74, 6) is 0.841. The molecule has 0 saturated heterocycles. The Morgan fingerprint density at radius 3 is 3.05 bits per heavy atom. The Morgan fingerprint density at radius 1 is 1.43 bits per heavy atom. The van der Waals surface area contributed by atoms with Gasteiger partial charge in [-0.2, -0.15) is 0 Å². The van der Waals surface area contributed by atoms with Gasteiger partial charge in [-0.1, -0.05) is 6.07 Å². The number of carbonyl (C=O) groups excluding carboxylic acids is 1. The molecule has 21 heavy (non-hydrogen) atoms. The van der Waals surface area contributed by atoms with Gasteiger partial charge in [-0.25, -0.2) is 4.98 Å². The maximum absolute atomic E-state index is 12.2. The first-order valence-corrected chi connectivity index (χ1v) is 7.39. The van der Waals surface area contributed by atoms with Crippen LogP contribution in [0.25, 0.3) is 0 Å². The Morgan fingerprint density at radius 2 is 2.29 bits per heavy atom. The van der Waals surface area contributed by atoms with Gasteiger partial charge in [0, 0.05) is 30.8 Å². The topological polar surface area (TPSA) is 59.8 Å². The third-order valence-corrected chi connectivity index (χ3v) is 4.10. The minimum atomic E-state index is -0.255. The predicted molar refractivity (Wildman–Crippen MR) is 79.8 cm³/mol. The van der Waals surface area contributed by atoms with Crippen molar-refractivity contribution in [2.24, 2.45) is 0 Å². The predicted octanol–water partition coefficient (Wildman–Crippen LogP) is 1.95. The molecule has 0 saturated carbocycles. The van der Waals surface area contributed by atoms with Crippen molar-refractivity contribution in [2.75, 3.05) is 0 Å². The summed E-state index contributed by atoms with van der Waals surface area (Å²) < 4.78 is 1.87. The Kier molecular flexibility index (Phi) is 3.73. The highest BCUT2D eigenvalue weighted by Crippen LogP contribution is 2.20. The summed E-state index contributed by atoms with van der Waals surface area (Å²) in [6, 6.07) is 1.91. The van der Waals surface area contributed by atoms with Gasteiger partial charge in [-0.3, -0.25) is 9.78 Å². The molecular formula is C16H20N4O. The number of nitrogens with zero attached hydrogens (tertiary/aromatic N) is 3. The van der Waals surface area contributed by atoms with E-state index < -0.39 is 0 Å². The van der Waals surface area contributed by atoms with Gasteiger partial charge in [-0.05, 0) is 44.2 Å². The monoisotopic (exact) mass is 284 g/mol. The van der Waals surface area contributed by atoms with E-state index in [9.17, 15) is 4.79 Å². The number of hydrogen-bond acceptors (Lipinski definition) is 3. The molecule has 5 nitrogen and oxygen atoms in total. The first-order chi connectivity index (χ1) is 10.1. The fourth-order valence-electron chi connectivity index (χ4n) is 2.83. The van der Waals surface area contributed by atoms with E-state index in [4.69, 9.17) is 0 Å². The molecule has 3 rings (SSSR count). The largest absolute Gasteiger partial charge is 0.350 e. The first-order valence-electron chi connectivity index (χ1n) is 7.39. The van der Waals surface area contributed by atoms with Crippen molar-refractivity contribution in [1.82, 2.24) is 19.9 Å². The lowest BCUT2D eigenvalue weighted by Crippen LogP contribution is -2.30. The SMILES string of the molecule is Cc1nccn1[C@@H](C)C(=O)NCc1cnc2c(c1)CCC2. The molecular weight excluding hydrogens is 264 g/mol. The van der Waals surface area contributed by atoms with Crippen molar-refractivity contribution in [1.29, 1.82) is 0 Å². The minimum absolute atomic E-state index is 0.00315. The molecule has 1 aliphatic carbocycles.